The molecule has 0 unspecified atom stereocenters. The van der Waals surface area contributed by atoms with E-state index in [0.717, 1.165) is 44.3 Å². The van der Waals surface area contributed by atoms with E-state index in [1.165, 1.54) is 12.1 Å². The fraction of sp³-hybridized carbons (Fsp3) is 0.500. The van der Waals surface area contributed by atoms with Crippen LogP contribution in [0.5, 0.6) is 0 Å². The minimum Gasteiger partial charge on any atom is -0.388 e. The summed E-state index contributed by atoms with van der Waals surface area (Å²) in [6.07, 6.45) is -0.0151. The summed E-state index contributed by atoms with van der Waals surface area (Å²) < 4.78 is 39.2. The monoisotopic (exact) mass is 482 g/mol. The molecule has 1 aromatic carbocycles. The van der Waals surface area contributed by atoms with Crippen LogP contribution in [0.3, 0.4) is 0 Å². The molecule has 178 valence electrons. The minimum absolute atomic E-state index is 0.0806. The smallest absolute Gasteiger partial charge is 0.388 e. The van der Waals surface area contributed by atoms with E-state index in [-0.39, 0.29) is 16.8 Å². The molecule has 1 aromatic heterocycles. The van der Waals surface area contributed by atoms with Crippen molar-refractivity contribution in [2.24, 2.45) is 0 Å². The minimum atomic E-state index is -4.48. The summed E-state index contributed by atoms with van der Waals surface area (Å²) in [4.78, 5) is 12.6. The van der Waals surface area contributed by atoms with Crippen LogP contribution < -0.4 is 10.2 Å². The molecule has 2 saturated heterocycles. The number of nitrogens with zero attached hydrogens (tertiary/aromatic N) is 4. The summed E-state index contributed by atoms with van der Waals surface area (Å²) >= 11 is 6.14. The number of benzene rings is 1. The van der Waals surface area contributed by atoms with Gasteiger partial charge >= 0.3 is 6.18 Å². The van der Waals surface area contributed by atoms with Crippen LogP contribution in [0.2, 0.25) is 5.28 Å². The Hall–Kier alpha value is -2.43. The molecule has 2 aliphatic rings. The summed E-state index contributed by atoms with van der Waals surface area (Å²) in [7, 11) is 0. The van der Waals surface area contributed by atoms with Crippen LogP contribution in [0.25, 0.3) is 0 Å². The maximum atomic E-state index is 13.1. The molecule has 0 amide bonds. The van der Waals surface area contributed by atoms with Crippen molar-refractivity contribution in [3.63, 3.8) is 0 Å². The van der Waals surface area contributed by atoms with E-state index in [1.54, 1.807) is 0 Å². The van der Waals surface area contributed by atoms with Gasteiger partial charge in [0, 0.05) is 31.5 Å². The summed E-state index contributed by atoms with van der Waals surface area (Å²) in [5.41, 5.74) is -1.08. The average Bonchev–Trinajstić information content (AvgIpc) is 3.26. The Kier molecular flexibility index (Phi) is 6.78. The summed E-state index contributed by atoms with van der Waals surface area (Å²) in [5.74, 6) is 0.569. The second-order valence-electron chi connectivity index (χ2n) is 8.62. The first-order chi connectivity index (χ1) is 15.7. The standard InChI is InChI=1S/C22H26ClF3N6O/c23-20-29-18(28-16-5-3-4-15(12-16)22(24,25)26)17(13-27)19(30-20)32-10-6-21(33,7-11-32)14-31-8-1-2-9-31/h3-5,12-13,27,33H,1-2,6-11,14H2,(H,28,29,30). The molecular formula is C22H26ClF3N6O. The molecule has 2 aliphatic heterocycles. The van der Waals surface area contributed by atoms with Gasteiger partial charge in [-0.1, -0.05) is 6.07 Å². The van der Waals surface area contributed by atoms with Crippen molar-refractivity contribution in [2.75, 3.05) is 42.9 Å². The molecule has 0 spiro atoms. The van der Waals surface area contributed by atoms with Gasteiger partial charge in [-0.3, -0.25) is 0 Å². The number of β-amino-alcohol motifs (C(OH)–C–C–N with tert-alkyl or cyclic N) is 1. The van der Waals surface area contributed by atoms with Gasteiger partial charge in [0.05, 0.1) is 16.7 Å². The molecule has 2 fully saturated rings. The Balaban J connectivity index is 1.54. The third kappa shape index (κ3) is 5.56. The van der Waals surface area contributed by atoms with Gasteiger partial charge in [-0.25, -0.2) is 0 Å². The largest absolute Gasteiger partial charge is 0.416 e. The zero-order chi connectivity index (χ0) is 23.6. The number of hydrogen-bond acceptors (Lipinski definition) is 7. The van der Waals surface area contributed by atoms with Crippen LogP contribution in [0.1, 0.15) is 36.8 Å². The highest BCUT2D eigenvalue weighted by Crippen LogP contribution is 2.34. The zero-order valence-electron chi connectivity index (χ0n) is 18.0. The molecule has 3 heterocycles. The molecule has 0 bridgehead atoms. The van der Waals surface area contributed by atoms with Crippen molar-refractivity contribution in [1.29, 1.82) is 5.41 Å². The molecule has 0 aliphatic carbocycles. The molecule has 7 nitrogen and oxygen atoms in total. The molecule has 33 heavy (non-hydrogen) atoms. The fourth-order valence-corrected chi connectivity index (χ4v) is 4.62. The van der Waals surface area contributed by atoms with Crippen molar-refractivity contribution < 1.29 is 18.3 Å². The van der Waals surface area contributed by atoms with Crippen LogP contribution in [-0.2, 0) is 6.18 Å². The first-order valence-electron chi connectivity index (χ1n) is 10.9. The molecule has 2 aromatic rings. The lowest BCUT2D eigenvalue weighted by Gasteiger charge is -2.41. The van der Waals surface area contributed by atoms with Gasteiger partial charge in [-0.15, -0.1) is 0 Å². The van der Waals surface area contributed by atoms with E-state index in [0.29, 0.717) is 43.9 Å². The predicted octanol–water partition coefficient (Wildman–Crippen LogP) is 4.32. The van der Waals surface area contributed by atoms with Crippen molar-refractivity contribution >= 4 is 35.1 Å². The van der Waals surface area contributed by atoms with E-state index in [4.69, 9.17) is 17.0 Å². The second kappa shape index (κ2) is 9.44. The second-order valence-corrected chi connectivity index (χ2v) is 8.96. The van der Waals surface area contributed by atoms with Gasteiger partial charge in [0.15, 0.2) is 0 Å². The number of nitrogens with one attached hydrogen (secondary N) is 2. The number of hydrogen-bond donors (Lipinski definition) is 3. The Labute approximate surface area is 195 Å². The van der Waals surface area contributed by atoms with E-state index in [1.807, 2.05) is 4.90 Å². The van der Waals surface area contributed by atoms with Crippen LogP contribution >= 0.6 is 11.6 Å². The fourth-order valence-electron chi connectivity index (χ4n) is 4.46. The van der Waals surface area contributed by atoms with E-state index >= 15 is 0 Å². The van der Waals surface area contributed by atoms with Crippen molar-refractivity contribution in [3.05, 3.63) is 40.7 Å². The van der Waals surface area contributed by atoms with Crippen LogP contribution in [-0.4, -0.2) is 64.5 Å². The van der Waals surface area contributed by atoms with E-state index < -0.39 is 17.3 Å². The zero-order valence-corrected chi connectivity index (χ0v) is 18.8. The van der Waals surface area contributed by atoms with Crippen molar-refractivity contribution in [3.8, 4) is 0 Å². The highest BCUT2D eigenvalue weighted by atomic mass is 35.5. The first kappa shape index (κ1) is 23.7. The van der Waals surface area contributed by atoms with Gasteiger partial charge < -0.3 is 25.6 Å². The number of halogens is 4. The first-order valence-corrected chi connectivity index (χ1v) is 11.3. The molecule has 0 saturated carbocycles. The van der Waals surface area contributed by atoms with Crippen molar-refractivity contribution in [2.45, 2.75) is 37.5 Å². The highest BCUT2D eigenvalue weighted by Gasteiger charge is 2.36. The number of aliphatic hydroxyl groups is 1. The Morgan fingerprint density at radius 2 is 1.85 bits per heavy atom. The van der Waals surface area contributed by atoms with Crippen molar-refractivity contribution in [1.82, 2.24) is 14.9 Å². The molecule has 0 radical (unpaired) electrons. The third-order valence-electron chi connectivity index (χ3n) is 6.21. The Bertz CT molecular complexity index is 1000. The van der Waals surface area contributed by atoms with Crippen LogP contribution in [0, 0.1) is 5.41 Å². The summed E-state index contributed by atoms with van der Waals surface area (Å²) in [6, 6.07) is 4.74. The average molecular weight is 483 g/mol. The predicted molar refractivity (Wildman–Crippen MR) is 122 cm³/mol. The lowest BCUT2D eigenvalue weighted by atomic mass is 9.90. The van der Waals surface area contributed by atoms with Gasteiger partial charge in [-0.05, 0) is 68.6 Å². The topological polar surface area (TPSA) is 88.4 Å². The molecule has 4 rings (SSSR count). The Morgan fingerprint density at radius 1 is 1.15 bits per heavy atom. The SMILES string of the molecule is N=Cc1c(Nc2cccc(C(F)(F)F)c2)nc(Cl)nc1N1CCC(O)(CN2CCCC2)CC1. The number of aromatic nitrogens is 2. The summed E-state index contributed by atoms with van der Waals surface area (Å²) in [6.45, 7) is 3.69. The Morgan fingerprint density at radius 3 is 2.48 bits per heavy atom. The molecular weight excluding hydrogens is 457 g/mol. The van der Waals surface area contributed by atoms with Gasteiger partial charge in [0.2, 0.25) is 5.28 Å². The number of alkyl halides is 3. The normalized spacial score (nSPS) is 19.0. The van der Waals surface area contributed by atoms with E-state index in [2.05, 4.69) is 20.2 Å². The molecule has 3 N–H and O–H groups in total. The maximum absolute atomic E-state index is 13.1. The molecule has 0 atom stereocenters. The van der Waals surface area contributed by atoms with Crippen LogP contribution in [0.4, 0.5) is 30.5 Å². The molecule has 11 heteroatoms. The third-order valence-corrected chi connectivity index (χ3v) is 6.37. The number of piperidine rings is 1. The van der Waals surface area contributed by atoms with Gasteiger partial charge in [-0.2, -0.15) is 23.1 Å². The van der Waals surface area contributed by atoms with Gasteiger partial charge in [0.25, 0.3) is 0 Å². The van der Waals surface area contributed by atoms with Gasteiger partial charge in [0.1, 0.15) is 11.6 Å². The van der Waals surface area contributed by atoms with E-state index in [9.17, 15) is 18.3 Å². The quantitative estimate of drug-likeness (QED) is 0.420. The number of anilines is 3. The lowest BCUT2D eigenvalue weighted by molar-refractivity contribution is -0.137. The van der Waals surface area contributed by atoms with Crippen LogP contribution in [0.15, 0.2) is 24.3 Å². The highest BCUT2D eigenvalue weighted by molar-refractivity contribution is 6.28. The number of rotatable bonds is 6. The maximum Gasteiger partial charge on any atom is 0.416 e. The number of likely N-dealkylation sites (tertiary alicyclic amines) is 1. The lowest BCUT2D eigenvalue weighted by Crippen LogP contribution is -2.51. The summed E-state index contributed by atoms with van der Waals surface area (Å²) in [5, 5.41) is 21.7.